The first kappa shape index (κ1) is 17.7. The molecule has 2 aliphatic heterocycles. The topological polar surface area (TPSA) is 78.1 Å². The van der Waals surface area contributed by atoms with Gasteiger partial charge in [-0.3, -0.25) is 9.59 Å². The molecule has 6 nitrogen and oxygen atoms in total. The van der Waals surface area contributed by atoms with Crippen molar-refractivity contribution in [3.8, 4) is 0 Å². The summed E-state index contributed by atoms with van der Waals surface area (Å²) in [5.74, 6) is -0.105. The second-order valence-electron chi connectivity index (χ2n) is 7.72. The van der Waals surface area contributed by atoms with Gasteiger partial charge < -0.3 is 15.2 Å². The van der Waals surface area contributed by atoms with Crippen LogP contribution in [-0.2, 0) is 16.6 Å². The third kappa shape index (κ3) is 2.75. The lowest BCUT2D eigenvalue weighted by molar-refractivity contribution is -0.121. The van der Waals surface area contributed by atoms with E-state index in [-0.39, 0.29) is 17.9 Å². The zero-order chi connectivity index (χ0) is 19.8. The van der Waals surface area contributed by atoms with Gasteiger partial charge in [-0.2, -0.15) is 0 Å². The van der Waals surface area contributed by atoms with E-state index >= 15 is 0 Å². The molecule has 5 rings (SSSR count). The maximum atomic E-state index is 13.3. The van der Waals surface area contributed by atoms with E-state index in [0.717, 1.165) is 17.7 Å². The molecular formula is C23H22N4O2. The van der Waals surface area contributed by atoms with Crippen molar-refractivity contribution in [1.29, 1.82) is 0 Å². The number of nitrogens with one attached hydrogen (secondary N) is 2. The number of imidazole rings is 1. The first-order valence-electron chi connectivity index (χ1n) is 9.94. The van der Waals surface area contributed by atoms with Crippen LogP contribution in [0.5, 0.6) is 0 Å². The van der Waals surface area contributed by atoms with Crippen molar-refractivity contribution in [2.45, 2.75) is 30.7 Å². The predicted molar refractivity (Wildman–Crippen MR) is 110 cm³/mol. The number of aryl methyl sites for hydroxylation is 1. The zero-order valence-corrected chi connectivity index (χ0v) is 16.0. The lowest BCUT2D eigenvalue weighted by atomic mass is 9.73. The molecule has 2 N–H and O–H groups in total. The second-order valence-corrected chi connectivity index (χ2v) is 7.72. The number of rotatable bonds is 4. The largest absolute Gasteiger partial charge is 0.341 e. The number of hydrogen-bond acceptors (Lipinski definition) is 3. The van der Waals surface area contributed by atoms with Crippen LogP contribution in [0, 0.1) is 0 Å². The van der Waals surface area contributed by atoms with Gasteiger partial charge in [0.1, 0.15) is 5.69 Å². The molecule has 146 valence electrons. The number of aromatic amines is 1. The minimum absolute atomic E-state index is 0.00308. The van der Waals surface area contributed by atoms with Crippen molar-refractivity contribution in [2.75, 3.05) is 11.9 Å². The first-order chi connectivity index (χ1) is 14.2. The SMILES string of the molecule is O=C(c1cnc[nH]1)N1CC[C@]2(C(=O)Nc3ccccc32)[C@@H]1CCc1ccccc1. The third-order valence-corrected chi connectivity index (χ3v) is 6.29. The molecule has 1 saturated heterocycles. The molecule has 0 bridgehead atoms. The molecule has 2 amide bonds. The molecule has 6 heteroatoms. The smallest absolute Gasteiger partial charge is 0.272 e. The number of para-hydroxylation sites is 1. The predicted octanol–water partition coefficient (Wildman–Crippen LogP) is 3.15. The summed E-state index contributed by atoms with van der Waals surface area (Å²) in [4.78, 5) is 35.2. The average Bonchev–Trinajstić information content (AvgIpc) is 3.47. The molecule has 3 heterocycles. The fraction of sp³-hybridized carbons (Fsp3) is 0.261. The van der Waals surface area contributed by atoms with Gasteiger partial charge in [0.05, 0.1) is 24.0 Å². The summed E-state index contributed by atoms with van der Waals surface area (Å²) in [5, 5.41) is 3.06. The number of benzene rings is 2. The zero-order valence-electron chi connectivity index (χ0n) is 16.0. The Morgan fingerprint density at radius 2 is 1.93 bits per heavy atom. The van der Waals surface area contributed by atoms with Crippen LogP contribution in [0.3, 0.4) is 0 Å². The van der Waals surface area contributed by atoms with Crippen LogP contribution in [0.25, 0.3) is 0 Å². The van der Waals surface area contributed by atoms with Crippen molar-refractivity contribution in [3.05, 3.63) is 83.9 Å². The summed E-state index contributed by atoms with van der Waals surface area (Å²) >= 11 is 0. The van der Waals surface area contributed by atoms with E-state index in [4.69, 9.17) is 0 Å². The minimum atomic E-state index is -0.707. The number of H-pyrrole nitrogens is 1. The Hall–Kier alpha value is -3.41. The van der Waals surface area contributed by atoms with Crippen molar-refractivity contribution in [3.63, 3.8) is 0 Å². The molecule has 0 saturated carbocycles. The van der Waals surface area contributed by atoms with Gasteiger partial charge in [-0.15, -0.1) is 0 Å². The van der Waals surface area contributed by atoms with Crippen LogP contribution in [0.1, 0.15) is 34.5 Å². The van der Waals surface area contributed by atoms with E-state index in [9.17, 15) is 9.59 Å². The lowest BCUT2D eigenvalue weighted by Gasteiger charge is -2.34. The Balaban J connectivity index is 1.54. The molecule has 0 aliphatic carbocycles. The Bertz CT molecular complexity index is 1050. The van der Waals surface area contributed by atoms with E-state index in [2.05, 4.69) is 27.4 Å². The molecule has 2 aliphatic rings. The number of carbonyl (C=O) groups is 2. The van der Waals surface area contributed by atoms with Crippen LogP contribution in [0.2, 0.25) is 0 Å². The van der Waals surface area contributed by atoms with Gasteiger partial charge >= 0.3 is 0 Å². The van der Waals surface area contributed by atoms with Gasteiger partial charge in [0.15, 0.2) is 0 Å². The number of aromatic nitrogens is 2. The summed E-state index contributed by atoms with van der Waals surface area (Å²) in [5.41, 5.74) is 2.82. The van der Waals surface area contributed by atoms with E-state index in [1.54, 1.807) is 6.20 Å². The van der Waals surface area contributed by atoms with Gasteiger partial charge in [0.25, 0.3) is 5.91 Å². The Kier molecular flexibility index (Phi) is 4.19. The Labute approximate surface area is 169 Å². The average molecular weight is 386 g/mol. The van der Waals surface area contributed by atoms with Crippen LogP contribution < -0.4 is 5.32 Å². The summed E-state index contributed by atoms with van der Waals surface area (Å²) < 4.78 is 0. The van der Waals surface area contributed by atoms with Gasteiger partial charge in [-0.05, 0) is 36.5 Å². The number of anilines is 1. The molecule has 29 heavy (non-hydrogen) atoms. The molecule has 2 aromatic carbocycles. The fourth-order valence-electron chi connectivity index (χ4n) is 4.92. The first-order valence-corrected chi connectivity index (χ1v) is 9.94. The molecule has 1 aromatic heterocycles. The summed E-state index contributed by atoms with van der Waals surface area (Å²) in [7, 11) is 0. The monoisotopic (exact) mass is 386 g/mol. The maximum Gasteiger partial charge on any atom is 0.272 e. The summed E-state index contributed by atoms with van der Waals surface area (Å²) in [6, 6.07) is 17.8. The molecule has 1 fully saturated rings. The highest BCUT2D eigenvalue weighted by atomic mass is 16.2. The number of hydrogen-bond donors (Lipinski definition) is 2. The second kappa shape index (κ2) is 6.88. The van der Waals surface area contributed by atoms with Gasteiger partial charge in [-0.25, -0.2) is 4.98 Å². The van der Waals surface area contributed by atoms with Crippen LogP contribution >= 0.6 is 0 Å². The number of amides is 2. The van der Waals surface area contributed by atoms with Gasteiger partial charge in [0, 0.05) is 12.2 Å². The van der Waals surface area contributed by atoms with Crippen LogP contribution in [0.15, 0.2) is 67.1 Å². The quantitative estimate of drug-likeness (QED) is 0.723. The van der Waals surface area contributed by atoms with E-state index in [0.29, 0.717) is 25.1 Å². The van der Waals surface area contributed by atoms with Crippen LogP contribution in [0.4, 0.5) is 5.69 Å². The number of fused-ring (bicyclic) bond motifs is 2. The fourth-order valence-corrected chi connectivity index (χ4v) is 4.92. The summed E-state index contributed by atoms with van der Waals surface area (Å²) in [6.45, 7) is 0.541. The van der Waals surface area contributed by atoms with E-state index < -0.39 is 5.41 Å². The third-order valence-electron chi connectivity index (χ3n) is 6.29. The van der Waals surface area contributed by atoms with E-state index in [1.807, 2.05) is 47.4 Å². The number of nitrogens with zero attached hydrogens (tertiary/aromatic N) is 2. The molecule has 0 radical (unpaired) electrons. The van der Waals surface area contributed by atoms with Gasteiger partial charge in [0.2, 0.25) is 5.91 Å². The molecule has 1 spiro atoms. The highest BCUT2D eigenvalue weighted by Gasteiger charge is 2.58. The van der Waals surface area contributed by atoms with Gasteiger partial charge in [-0.1, -0.05) is 48.5 Å². The molecule has 3 aromatic rings. The molecule has 0 unspecified atom stereocenters. The van der Waals surface area contributed by atoms with Crippen molar-refractivity contribution in [2.24, 2.45) is 0 Å². The van der Waals surface area contributed by atoms with Crippen molar-refractivity contribution in [1.82, 2.24) is 14.9 Å². The normalized spacial score (nSPS) is 22.7. The Morgan fingerprint density at radius 3 is 2.72 bits per heavy atom. The molecule has 2 atom stereocenters. The standard InChI is InChI=1S/C23H22N4O2/c28-21(19-14-24-15-25-19)27-13-12-23(17-8-4-5-9-18(17)26-22(23)29)20(27)11-10-16-6-2-1-3-7-16/h1-9,14-15,20H,10-13H2,(H,24,25)(H,26,29)/t20-,23+/m0/s1. The maximum absolute atomic E-state index is 13.3. The molecular weight excluding hydrogens is 364 g/mol. The minimum Gasteiger partial charge on any atom is -0.341 e. The van der Waals surface area contributed by atoms with E-state index in [1.165, 1.54) is 11.9 Å². The highest BCUT2D eigenvalue weighted by molar-refractivity contribution is 6.08. The van der Waals surface area contributed by atoms with Crippen molar-refractivity contribution < 1.29 is 9.59 Å². The number of likely N-dealkylation sites (tertiary alicyclic amines) is 1. The van der Waals surface area contributed by atoms with Crippen molar-refractivity contribution >= 4 is 17.5 Å². The summed E-state index contributed by atoms with van der Waals surface area (Å²) in [6.07, 6.45) is 5.19. The van der Waals surface area contributed by atoms with Crippen LogP contribution in [-0.4, -0.2) is 39.3 Å². The lowest BCUT2D eigenvalue weighted by Crippen LogP contribution is -2.49. The highest BCUT2D eigenvalue weighted by Crippen LogP contribution is 2.49. The Morgan fingerprint density at radius 1 is 1.14 bits per heavy atom. The number of carbonyl (C=O) groups excluding carboxylic acids is 2.